The Morgan fingerprint density at radius 1 is 0.969 bits per heavy atom. The van der Waals surface area contributed by atoms with Gasteiger partial charge >= 0.3 is 5.97 Å². The van der Waals surface area contributed by atoms with Crippen LogP contribution in [0, 0.1) is 6.92 Å². The maximum Gasteiger partial charge on any atom is 0.335 e. The molecule has 1 heterocycles. The number of amides is 1. The zero-order chi connectivity index (χ0) is 22.7. The third-order valence-corrected chi connectivity index (χ3v) is 5.18. The van der Waals surface area contributed by atoms with Crippen LogP contribution >= 0.6 is 0 Å². The van der Waals surface area contributed by atoms with Crippen LogP contribution < -0.4 is 10.9 Å². The molecule has 0 aliphatic carbocycles. The van der Waals surface area contributed by atoms with Crippen molar-refractivity contribution < 1.29 is 14.7 Å². The van der Waals surface area contributed by atoms with Crippen molar-refractivity contribution in [3.63, 3.8) is 0 Å². The van der Waals surface area contributed by atoms with Crippen molar-refractivity contribution >= 4 is 22.8 Å². The van der Waals surface area contributed by atoms with Gasteiger partial charge in [0.1, 0.15) is 0 Å². The molecule has 0 bridgehead atoms. The normalized spacial score (nSPS) is 10.8. The summed E-state index contributed by atoms with van der Waals surface area (Å²) in [6.07, 6.45) is 1.45. The molecule has 1 amide bonds. The number of rotatable bonds is 6. The summed E-state index contributed by atoms with van der Waals surface area (Å²) < 4.78 is 1.44. The first-order valence-electron chi connectivity index (χ1n) is 10.1. The smallest absolute Gasteiger partial charge is 0.335 e. The zero-order valence-corrected chi connectivity index (χ0v) is 17.4. The van der Waals surface area contributed by atoms with E-state index in [1.807, 2.05) is 31.2 Å². The van der Waals surface area contributed by atoms with Crippen molar-refractivity contribution in [2.24, 2.45) is 0 Å². The van der Waals surface area contributed by atoms with Crippen LogP contribution in [-0.4, -0.2) is 26.5 Å². The van der Waals surface area contributed by atoms with Gasteiger partial charge in [0.05, 0.1) is 29.3 Å². The fourth-order valence-corrected chi connectivity index (χ4v) is 3.47. The lowest BCUT2D eigenvalue weighted by atomic mass is 10.1. The largest absolute Gasteiger partial charge is 0.478 e. The van der Waals surface area contributed by atoms with Crippen molar-refractivity contribution in [3.05, 3.63) is 111 Å². The van der Waals surface area contributed by atoms with Crippen molar-refractivity contribution in [2.45, 2.75) is 20.0 Å². The fraction of sp³-hybridized carbons (Fsp3) is 0.120. The predicted octanol–water partition coefficient (Wildman–Crippen LogP) is 3.38. The molecule has 0 radical (unpaired) electrons. The minimum atomic E-state index is -1.01. The van der Waals surface area contributed by atoms with Crippen LogP contribution in [0.4, 0.5) is 0 Å². The second-order valence-corrected chi connectivity index (χ2v) is 7.58. The molecular formula is C25H21N3O4. The highest BCUT2D eigenvalue weighted by atomic mass is 16.4. The van der Waals surface area contributed by atoms with E-state index in [0.717, 1.165) is 16.7 Å². The molecule has 4 aromatic rings. The molecule has 3 aromatic carbocycles. The topological polar surface area (TPSA) is 101 Å². The Kier molecular flexibility index (Phi) is 5.81. The van der Waals surface area contributed by atoms with Gasteiger partial charge in [-0.25, -0.2) is 9.78 Å². The van der Waals surface area contributed by atoms with E-state index < -0.39 is 5.97 Å². The molecule has 7 nitrogen and oxygen atoms in total. The molecule has 0 saturated carbocycles. The number of carboxylic acid groups (broad SMARTS) is 1. The molecule has 32 heavy (non-hydrogen) atoms. The second kappa shape index (κ2) is 8.85. The van der Waals surface area contributed by atoms with E-state index in [9.17, 15) is 14.4 Å². The molecule has 160 valence electrons. The number of hydrogen-bond donors (Lipinski definition) is 2. The summed E-state index contributed by atoms with van der Waals surface area (Å²) in [7, 11) is 0. The van der Waals surface area contributed by atoms with Crippen LogP contribution in [0.5, 0.6) is 0 Å². The first-order valence-corrected chi connectivity index (χ1v) is 10.1. The lowest BCUT2D eigenvalue weighted by Crippen LogP contribution is -2.24. The molecule has 0 aliphatic rings. The Morgan fingerprint density at radius 2 is 1.72 bits per heavy atom. The van der Waals surface area contributed by atoms with Gasteiger partial charge in [0, 0.05) is 12.1 Å². The summed E-state index contributed by atoms with van der Waals surface area (Å²) in [5.41, 5.74) is 3.68. The van der Waals surface area contributed by atoms with Crippen molar-refractivity contribution in [1.29, 1.82) is 0 Å². The number of carbonyl (C=O) groups is 2. The average molecular weight is 427 g/mol. The highest BCUT2D eigenvalue weighted by molar-refractivity contribution is 5.97. The maximum absolute atomic E-state index is 13.0. The molecule has 2 N–H and O–H groups in total. The number of aryl methyl sites for hydroxylation is 1. The summed E-state index contributed by atoms with van der Waals surface area (Å²) in [5.74, 6) is -1.28. The van der Waals surface area contributed by atoms with Gasteiger partial charge in [0.15, 0.2) is 0 Å². The molecule has 7 heteroatoms. The van der Waals surface area contributed by atoms with E-state index in [1.54, 1.807) is 30.3 Å². The van der Waals surface area contributed by atoms with Gasteiger partial charge in [-0.1, -0.05) is 42.0 Å². The molecular weight excluding hydrogens is 406 g/mol. The predicted molar refractivity (Wildman–Crippen MR) is 121 cm³/mol. The Hall–Kier alpha value is -4.26. The summed E-state index contributed by atoms with van der Waals surface area (Å²) in [5, 5.41) is 12.2. The number of aromatic carboxylic acids is 1. The van der Waals surface area contributed by atoms with E-state index in [1.165, 1.54) is 23.0 Å². The zero-order valence-electron chi connectivity index (χ0n) is 17.4. The molecule has 0 fully saturated rings. The third-order valence-electron chi connectivity index (χ3n) is 5.18. The lowest BCUT2D eigenvalue weighted by molar-refractivity contribution is 0.0696. The number of fused-ring (bicyclic) bond motifs is 1. The van der Waals surface area contributed by atoms with Gasteiger partial charge in [-0.3, -0.25) is 14.2 Å². The Morgan fingerprint density at radius 3 is 2.44 bits per heavy atom. The molecule has 1 aromatic heterocycles. The summed E-state index contributed by atoms with van der Waals surface area (Å²) >= 11 is 0. The maximum atomic E-state index is 13.0. The molecule has 0 aliphatic heterocycles. The van der Waals surface area contributed by atoms with E-state index in [-0.39, 0.29) is 23.6 Å². The van der Waals surface area contributed by atoms with Gasteiger partial charge in [-0.2, -0.15) is 0 Å². The van der Waals surface area contributed by atoms with Crippen LogP contribution in [0.3, 0.4) is 0 Å². The van der Waals surface area contributed by atoms with Crippen LogP contribution in [0.25, 0.3) is 10.9 Å². The summed E-state index contributed by atoms with van der Waals surface area (Å²) in [6.45, 7) is 2.63. The molecule has 0 spiro atoms. The van der Waals surface area contributed by atoms with Crippen molar-refractivity contribution in [1.82, 2.24) is 14.9 Å². The van der Waals surface area contributed by atoms with E-state index in [4.69, 9.17) is 5.11 Å². The number of nitrogens with zero attached hydrogens (tertiary/aromatic N) is 2. The third kappa shape index (κ3) is 4.57. The average Bonchev–Trinajstić information content (AvgIpc) is 2.79. The lowest BCUT2D eigenvalue weighted by Gasteiger charge is -2.09. The molecule has 4 rings (SSSR count). The Balaban J connectivity index is 1.56. The summed E-state index contributed by atoms with van der Waals surface area (Å²) in [4.78, 5) is 41.0. The standard InChI is InChI=1S/C25H21N3O4/c1-16-3-2-4-18(11-16)13-26-23(29)20-9-10-22-21(12-20)24(30)28(15-27-22)14-17-5-7-19(8-6-17)25(31)32/h2-12,15H,13-14H2,1H3,(H,26,29)(H,31,32). The van der Waals surface area contributed by atoms with Gasteiger partial charge in [-0.15, -0.1) is 0 Å². The van der Waals surface area contributed by atoms with Gasteiger partial charge < -0.3 is 10.4 Å². The molecule has 0 unspecified atom stereocenters. The minimum absolute atomic E-state index is 0.180. The van der Waals surface area contributed by atoms with Crippen molar-refractivity contribution in [3.8, 4) is 0 Å². The second-order valence-electron chi connectivity index (χ2n) is 7.58. The summed E-state index contributed by atoms with van der Waals surface area (Å²) in [6, 6.07) is 19.1. The van der Waals surface area contributed by atoms with E-state index >= 15 is 0 Å². The number of carboxylic acids is 1. The van der Waals surface area contributed by atoms with E-state index in [0.29, 0.717) is 23.0 Å². The first kappa shape index (κ1) is 21.0. The first-order chi connectivity index (χ1) is 15.4. The SMILES string of the molecule is Cc1cccc(CNC(=O)c2ccc3ncn(Cc4ccc(C(=O)O)cc4)c(=O)c3c2)c1. The van der Waals surface area contributed by atoms with E-state index in [2.05, 4.69) is 10.3 Å². The van der Waals surface area contributed by atoms with Crippen LogP contribution in [0.2, 0.25) is 0 Å². The fourth-order valence-electron chi connectivity index (χ4n) is 3.47. The van der Waals surface area contributed by atoms with Crippen LogP contribution in [-0.2, 0) is 13.1 Å². The quantitative estimate of drug-likeness (QED) is 0.491. The van der Waals surface area contributed by atoms with Gasteiger partial charge in [0.2, 0.25) is 0 Å². The van der Waals surface area contributed by atoms with Crippen molar-refractivity contribution in [2.75, 3.05) is 0 Å². The number of nitrogens with one attached hydrogen (secondary N) is 1. The van der Waals surface area contributed by atoms with Crippen LogP contribution in [0.1, 0.15) is 37.4 Å². The molecule has 0 saturated heterocycles. The molecule has 0 atom stereocenters. The Labute approximate surface area is 184 Å². The Bertz CT molecular complexity index is 1370. The van der Waals surface area contributed by atoms with Gasteiger partial charge in [-0.05, 0) is 48.4 Å². The van der Waals surface area contributed by atoms with Crippen LogP contribution in [0.15, 0.2) is 77.9 Å². The minimum Gasteiger partial charge on any atom is -0.478 e. The monoisotopic (exact) mass is 427 g/mol. The number of hydrogen-bond acceptors (Lipinski definition) is 4. The highest BCUT2D eigenvalue weighted by Gasteiger charge is 2.11. The number of benzene rings is 3. The number of carbonyl (C=O) groups excluding carboxylic acids is 1. The number of aromatic nitrogens is 2. The highest BCUT2D eigenvalue weighted by Crippen LogP contribution is 2.12. The van der Waals surface area contributed by atoms with Gasteiger partial charge in [0.25, 0.3) is 11.5 Å².